The molecule has 10 nitrogen and oxygen atoms in total. The summed E-state index contributed by atoms with van der Waals surface area (Å²) in [7, 11) is 3.03. The number of cyclic esters (lactones) is 1. The fraction of sp³-hybridized carbons (Fsp3) is 0.679. The molecule has 3 rings (SSSR count). The van der Waals surface area contributed by atoms with Crippen LogP contribution < -0.4 is 14.2 Å². The summed E-state index contributed by atoms with van der Waals surface area (Å²) in [6.45, 7) is 6.34. The summed E-state index contributed by atoms with van der Waals surface area (Å²) in [5.41, 5.74) is 0.338. The van der Waals surface area contributed by atoms with E-state index in [1.165, 1.54) is 14.2 Å². The van der Waals surface area contributed by atoms with Gasteiger partial charge in [0.05, 0.1) is 39.1 Å². The second-order valence-electron chi connectivity index (χ2n) is 9.64. The average molecular weight is 532 g/mol. The molecule has 210 valence electrons. The van der Waals surface area contributed by atoms with Crippen molar-refractivity contribution in [1.82, 2.24) is 9.80 Å². The molecule has 0 aromatic heterocycles. The van der Waals surface area contributed by atoms with E-state index in [0.29, 0.717) is 61.7 Å². The van der Waals surface area contributed by atoms with Gasteiger partial charge in [0, 0.05) is 39.0 Å². The van der Waals surface area contributed by atoms with E-state index in [4.69, 9.17) is 28.9 Å². The minimum Gasteiger partial charge on any atom is -0.493 e. The molecule has 2 heterocycles. The summed E-state index contributed by atoms with van der Waals surface area (Å²) in [6, 6.07) is 5.29. The summed E-state index contributed by atoms with van der Waals surface area (Å²) in [5, 5.41) is 8.76. The Bertz CT molecular complexity index is 949. The lowest BCUT2D eigenvalue weighted by Crippen LogP contribution is -2.34. The van der Waals surface area contributed by atoms with E-state index >= 15 is 0 Å². The van der Waals surface area contributed by atoms with Crippen molar-refractivity contribution in [3.05, 3.63) is 17.7 Å². The third-order valence-electron chi connectivity index (χ3n) is 6.88. The minimum absolute atomic E-state index is 0.229. The lowest BCUT2D eigenvalue weighted by atomic mass is 10.1. The number of fused-ring (bicyclic) bond motifs is 5. The Morgan fingerprint density at radius 3 is 2.45 bits per heavy atom. The molecule has 0 saturated carbocycles. The number of unbranched alkanes of at least 4 members (excludes halogenated alkanes) is 1. The van der Waals surface area contributed by atoms with Gasteiger partial charge >= 0.3 is 11.9 Å². The molecule has 1 saturated heterocycles. The molecule has 2 aliphatic heterocycles. The van der Waals surface area contributed by atoms with Crippen LogP contribution in [0.1, 0.15) is 61.7 Å². The zero-order valence-corrected chi connectivity index (χ0v) is 22.7. The largest absolute Gasteiger partial charge is 0.493 e. The number of ether oxygens (including phenoxy) is 5. The predicted octanol–water partition coefficient (Wildman–Crippen LogP) is 3.43. The summed E-state index contributed by atoms with van der Waals surface area (Å²) >= 11 is 0. The van der Waals surface area contributed by atoms with Crippen molar-refractivity contribution in [3.8, 4) is 23.3 Å². The highest BCUT2D eigenvalue weighted by Gasteiger charge is 2.21. The highest BCUT2D eigenvalue weighted by atomic mass is 16.5. The van der Waals surface area contributed by atoms with Crippen molar-refractivity contribution in [1.29, 1.82) is 5.26 Å². The zero-order chi connectivity index (χ0) is 27.2. The summed E-state index contributed by atoms with van der Waals surface area (Å²) in [5.74, 6) is 0.501. The van der Waals surface area contributed by atoms with Crippen molar-refractivity contribution in [2.75, 3.05) is 66.7 Å². The lowest BCUT2D eigenvalue weighted by molar-refractivity contribution is -0.150. The van der Waals surface area contributed by atoms with Crippen LogP contribution >= 0.6 is 0 Å². The number of nitriles is 1. The van der Waals surface area contributed by atoms with Crippen molar-refractivity contribution in [2.24, 2.45) is 0 Å². The number of carbonyl (C=O) groups is 2. The summed E-state index contributed by atoms with van der Waals surface area (Å²) in [6.07, 6.45) is 4.73. The predicted molar refractivity (Wildman–Crippen MR) is 141 cm³/mol. The van der Waals surface area contributed by atoms with Crippen LogP contribution in [0.5, 0.6) is 17.2 Å². The molecule has 0 aliphatic carbocycles. The van der Waals surface area contributed by atoms with Gasteiger partial charge in [-0.15, -0.1) is 0 Å². The third kappa shape index (κ3) is 9.37. The topological polar surface area (TPSA) is 111 Å². The zero-order valence-electron chi connectivity index (χ0n) is 22.7. The fourth-order valence-electron chi connectivity index (χ4n) is 4.80. The first-order chi connectivity index (χ1) is 18.5. The maximum absolute atomic E-state index is 12.8. The number of nitrogens with zero attached hydrogens (tertiary/aromatic N) is 3. The van der Waals surface area contributed by atoms with Crippen LogP contribution in [0.25, 0.3) is 0 Å². The molecule has 0 N–H and O–H groups in total. The van der Waals surface area contributed by atoms with E-state index in [1.807, 2.05) is 0 Å². The molecule has 4 bridgehead atoms. The van der Waals surface area contributed by atoms with E-state index in [0.717, 1.165) is 58.5 Å². The molecule has 0 spiro atoms. The second-order valence-corrected chi connectivity index (χ2v) is 9.64. The summed E-state index contributed by atoms with van der Waals surface area (Å²) < 4.78 is 28.3. The van der Waals surface area contributed by atoms with Gasteiger partial charge in [-0.05, 0) is 63.7 Å². The van der Waals surface area contributed by atoms with Crippen molar-refractivity contribution >= 4 is 11.9 Å². The van der Waals surface area contributed by atoms with Gasteiger partial charge < -0.3 is 33.5 Å². The Balaban J connectivity index is 1.74. The van der Waals surface area contributed by atoms with Gasteiger partial charge in [-0.3, -0.25) is 4.79 Å². The van der Waals surface area contributed by atoms with Crippen LogP contribution in [0.3, 0.4) is 0 Å². The van der Waals surface area contributed by atoms with Gasteiger partial charge in [-0.2, -0.15) is 5.26 Å². The number of esters is 2. The van der Waals surface area contributed by atoms with Gasteiger partial charge in [0.15, 0.2) is 11.5 Å². The molecule has 1 aromatic carbocycles. The van der Waals surface area contributed by atoms with Crippen LogP contribution in [0.2, 0.25) is 0 Å². The van der Waals surface area contributed by atoms with E-state index < -0.39 is 5.97 Å². The number of hydrogen-bond donors (Lipinski definition) is 0. The number of rotatable bonds is 6. The van der Waals surface area contributed by atoms with Gasteiger partial charge in [-0.1, -0.05) is 0 Å². The molecule has 0 radical (unpaired) electrons. The molecule has 2 aliphatic rings. The molecule has 1 aromatic rings. The standard InChI is InChI=1S/C28H41N3O7/c1-34-24-20-22-21-25(27(24)35-2)36-18-5-8-23(38-26(32)9-3-4-11-29)10-15-31-13-6-12-30(16-17-31)14-7-19-37-28(22)33/h20-21,23H,3-10,12-19H2,1-2H3. The van der Waals surface area contributed by atoms with Crippen LogP contribution in [0, 0.1) is 11.3 Å². The Morgan fingerprint density at radius 1 is 0.974 bits per heavy atom. The van der Waals surface area contributed by atoms with Crippen molar-refractivity contribution in [2.45, 2.75) is 57.5 Å². The Kier molecular flexibility index (Phi) is 12.5. The first-order valence-corrected chi connectivity index (χ1v) is 13.6. The van der Waals surface area contributed by atoms with Gasteiger partial charge in [0.2, 0.25) is 5.75 Å². The first-order valence-electron chi connectivity index (χ1n) is 13.6. The number of methoxy groups -OCH3 is 2. The van der Waals surface area contributed by atoms with Gasteiger partial charge in [0.1, 0.15) is 6.10 Å². The maximum atomic E-state index is 12.8. The quantitative estimate of drug-likeness (QED) is 0.400. The second kappa shape index (κ2) is 16.0. The van der Waals surface area contributed by atoms with Crippen LogP contribution in [0.15, 0.2) is 12.1 Å². The Labute approximate surface area is 225 Å². The summed E-state index contributed by atoms with van der Waals surface area (Å²) in [4.78, 5) is 30.0. The van der Waals surface area contributed by atoms with Crippen molar-refractivity contribution < 1.29 is 33.3 Å². The Morgan fingerprint density at radius 2 is 1.71 bits per heavy atom. The molecule has 3 unspecified atom stereocenters. The van der Waals surface area contributed by atoms with Gasteiger partial charge in [-0.25, -0.2) is 4.79 Å². The van der Waals surface area contributed by atoms with Crippen molar-refractivity contribution in [3.63, 3.8) is 0 Å². The average Bonchev–Trinajstić information content (AvgIpc) is 3.16. The van der Waals surface area contributed by atoms with Crippen LogP contribution in [-0.2, 0) is 14.3 Å². The highest BCUT2D eigenvalue weighted by molar-refractivity contribution is 5.91. The number of hydrogen-bond acceptors (Lipinski definition) is 10. The molecular weight excluding hydrogens is 490 g/mol. The molecular formula is C28H41N3O7. The van der Waals surface area contributed by atoms with Crippen LogP contribution in [0.4, 0.5) is 0 Å². The monoisotopic (exact) mass is 531 g/mol. The highest BCUT2D eigenvalue weighted by Crippen LogP contribution is 2.38. The van der Waals surface area contributed by atoms with Crippen LogP contribution in [-0.4, -0.2) is 94.5 Å². The molecule has 0 amide bonds. The first kappa shape index (κ1) is 29.5. The van der Waals surface area contributed by atoms with Gasteiger partial charge in [0.25, 0.3) is 0 Å². The SMILES string of the molecule is COc1cc2cc(c1OC)OCCCC(OC(=O)CCCC#N)CCN1CCCN(CCCOC2=O)CC1. The molecule has 38 heavy (non-hydrogen) atoms. The van der Waals surface area contributed by atoms with E-state index in [-0.39, 0.29) is 18.5 Å². The van der Waals surface area contributed by atoms with E-state index in [1.54, 1.807) is 12.1 Å². The molecule has 1 fully saturated rings. The van der Waals surface area contributed by atoms with E-state index in [9.17, 15) is 9.59 Å². The smallest absolute Gasteiger partial charge is 0.338 e. The lowest BCUT2D eigenvalue weighted by Gasteiger charge is -2.24. The molecule has 3 atom stereocenters. The fourth-order valence-corrected chi connectivity index (χ4v) is 4.80. The van der Waals surface area contributed by atoms with E-state index in [2.05, 4.69) is 15.9 Å². The number of carbonyl (C=O) groups excluding carboxylic acids is 2. The molecule has 10 heteroatoms. The number of benzene rings is 1. The Hall–Kier alpha value is -3.03. The maximum Gasteiger partial charge on any atom is 0.338 e. The third-order valence-corrected chi connectivity index (χ3v) is 6.88. The normalized spacial score (nSPS) is 23.3. The minimum atomic E-state index is -0.431.